The van der Waals surface area contributed by atoms with Gasteiger partial charge in [0.05, 0.1) is 0 Å². The molecule has 0 aliphatic carbocycles. The Morgan fingerprint density at radius 1 is 1.45 bits per heavy atom. The zero-order valence-corrected chi connectivity index (χ0v) is 6.69. The minimum absolute atomic E-state index is 0.186. The van der Waals surface area contributed by atoms with Crippen molar-refractivity contribution in [2.75, 3.05) is 0 Å². The fourth-order valence-corrected chi connectivity index (χ4v) is 1.16. The zero-order chi connectivity index (χ0) is 8.43. The molecule has 0 amide bonds. The normalized spacial score (nSPS) is 10.1. The summed E-state index contributed by atoms with van der Waals surface area (Å²) in [5.74, 6) is -0.0638. The predicted molar refractivity (Wildman–Crippen MR) is 42.2 cm³/mol. The van der Waals surface area contributed by atoms with Gasteiger partial charge in [-0.1, -0.05) is 6.92 Å². The van der Waals surface area contributed by atoms with Gasteiger partial charge >= 0.3 is 0 Å². The summed E-state index contributed by atoms with van der Waals surface area (Å²) in [6.45, 7) is 3.56. The number of phenolic OH excluding ortho intramolecular Hbond substituents is 1. The van der Waals surface area contributed by atoms with E-state index in [1.54, 1.807) is 6.92 Å². The monoisotopic (exact) mass is 154 g/mol. The maximum atomic E-state index is 12.8. The van der Waals surface area contributed by atoms with Crippen LogP contribution >= 0.6 is 0 Å². The molecular formula is C9H11FO. The number of hydrogen-bond donors (Lipinski definition) is 1. The van der Waals surface area contributed by atoms with E-state index in [9.17, 15) is 9.50 Å². The van der Waals surface area contributed by atoms with Crippen LogP contribution in [0.3, 0.4) is 0 Å². The molecule has 1 nitrogen and oxygen atoms in total. The van der Waals surface area contributed by atoms with Crippen molar-refractivity contribution < 1.29 is 9.50 Å². The first-order valence-corrected chi connectivity index (χ1v) is 3.63. The van der Waals surface area contributed by atoms with Crippen LogP contribution in [0.25, 0.3) is 0 Å². The van der Waals surface area contributed by atoms with Gasteiger partial charge in [-0.25, -0.2) is 4.39 Å². The summed E-state index contributed by atoms with van der Waals surface area (Å²) in [4.78, 5) is 0. The number of aromatic hydroxyl groups is 1. The highest BCUT2D eigenvalue weighted by molar-refractivity contribution is 5.39. The van der Waals surface area contributed by atoms with E-state index >= 15 is 0 Å². The van der Waals surface area contributed by atoms with Gasteiger partial charge in [-0.3, -0.25) is 0 Å². The molecule has 1 N–H and O–H groups in total. The molecule has 0 spiro atoms. The van der Waals surface area contributed by atoms with Crippen LogP contribution in [0, 0.1) is 12.7 Å². The minimum atomic E-state index is -0.250. The van der Waals surface area contributed by atoms with Crippen LogP contribution in [0.5, 0.6) is 5.75 Å². The Hall–Kier alpha value is -1.05. The van der Waals surface area contributed by atoms with E-state index in [4.69, 9.17) is 0 Å². The van der Waals surface area contributed by atoms with E-state index in [1.165, 1.54) is 12.1 Å². The second kappa shape index (κ2) is 2.91. The molecule has 0 aliphatic heterocycles. The van der Waals surface area contributed by atoms with E-state index in [0.717, 1.165) is 0 Å². The van der Waals surface area contributed by atoms with Crippen molar-refractivity contribution in [3.63, 3.8) is 0 Å². The Bertz CT molecular complexity index is 269. The van der Waals surface area contributed by atoms with Crippen LogP contribution in [0.15, 0.2) is 12.1 Å². The van der Waals surface area contributed by atoms with Crippen LogP contribution in [0.2, 0.25) is 0 Å². The molecule has 0 saturated heterocycles. The Labute approximate surface area is 65.5 Å². The van der Waals surface area contributed by atoms with E-state index < -0.39 is 0 Å². The highest BCUT2D eigenvalue weighted by Crippen LogP contribution is 2.22. The first-order chi connectivity index (χ1) is 5.16. The summed E-state index contributed by atoms with van der Waals surface area (Å²) < 4.78 is 12.8. The van der Waals surface area contributed by atoms with Gasteiger partial charge in [-0.05, 0) is 36.6 Å². The molecule has 0 heterocycles. The second-order valence-electron chi connectivity index (χ2n) is 2.52. The standard InChI is InChI=1S/C9H11FO/c1-3-7-6(2)8(10)4-5-9(7)11/h4-5,11H,3H2,1-2H3. The molecule has 0 atom stereocenters. The Morgan fingerprint density at radius 2 is 2.09 bits per heavy atom. The number of phenols is 1. The molecule has 0 aromatic heterocycles. The van der Waals surface area contributed by atoms with Gasteiger partial charge in [0.25, 0.3) is 0 Å². The van der Waals surface area contributed by atoms with Crippen LogP contribution < -0.4 is 0 Å². The van der Waals surface area contributed by atoms with E-state index in [2.05, 4.69) is 0 Å². The smallest absolute Gasteiger partial charge is 0.126 e. The summed E-state index contributed by atoms with van der Waals surface area (Å²) in [5.41, 5.74) is 1.25. The average Bonchev–Trinajstić information content (AvgIpc) is 1.99. The quantitative estimate of drug-likeness (QED) is 0.658. The molecule has 0 aliphatic rings. The van der Waals surface area contributed by atoms with Crippen LogP contribution in [0.1, 0.15) is 18.1 Å². The maximum Gasteiger partial charge on any atom is 0.126 e. The van der Waals surface area contributed by atoms with Gasteiger partial charge in [0.1, 0.15) is 11.6 Å². The lowest BCUT2D eigenvalue weighted by Gasteiger charge is -2.05. The molecule has 0 fully saturated rings. The lowest BCUT2D eigenvalue weighted by molar-refractivity contribution is 0.465. The van der Waals surface area contributed by atoms with Crippen molar-refractivity contribution in [2.24, 2.45) is 0 Å². The Balaban J connectivity index is 3.29. The van der Waals surface area contributed by atoms with Gasteiger partial charge in [0.2, 0.25) is 0 Å². The van der Waals surface area contributed by atoms with Crippen molar-refractivity contribution in [3.05, 3.63) is 29.1 Å². The van der Waals surface area contributed by atoms with E-state index in [-0.39, 0.29) is 11.6 Å². The molecule has 1 rings (SSSR count). The molecule has 0 bridgehead atoms. The second-order valence-corrected chi connectivity index (χ2v) is 2.52. The molecule has 1 aromatic rings. The Kier molecular flexibility index (Phi) is 2.13. The van der Waals surface area contributed by atoms with Crippen molar-refractivity contribution in [3.8, 4) is 5.75 Å². The SMILES string of the molecule is CCc1c(O)ccc(F)c1C. The van der Waals surface area contributed by atoms with Crippen molar-refractivity contribution in [1.29, 1.82) is 0 Å². The van der Waals surface area contributed by atoms with E-state index in [0.29, 0.717) is 17.5 Å². The number of rotatable bonds is 1. The van der Waals surface area contributed by atoms with E-state index in [1.807, 2.05) is 6.92 Å². The highest BCUT2D eigenvalue weighted by atomic mass is 19.1. The molecule has 0 radical (unpaired) electrons. The van der Waals surface area contributed by atoms with Crippen LogP contribution in [0.4, 0.5) is 4.39 Å². The maximum absolute atomic E-state index is 12.8. The predicted octanol–water partition coefficient (Wildman–Crippen LogP) is 2.40. The molecule has 60 valence electrons. The summed E-state index contributed by atoms with van der Waals surface area (Å²) in [5, 5.41) is 9.25. The fourth-order valence-electron chi connectivity index (χ4n) is 1.16. The largest absolute Gasteiger partial charge is 0.508 e. The molecule has 1 aromatic carbocycles. The van der Waals surface area contributed by atoms with Gasteiger partial charge in [0.15, 0.2) is 0 Å². The summed E-state index contributed by atoms with van der Waals surface area (Å²) >= 11 is 0. The third-order valence-electron chi connectivity index (χ3n) is 1.86. The summed E-state index contributed by atoms with van der Waals surface area (Å²) in [6, 6.07) is 2.67. The molecule has 11 heavy (non-hydrogen) atoms. The molecular weight excluding hydrogens is 143 g/mol. The van der Waals surface area contributed by atoms with Gasteiger partial charge in [-0.2, -0.15) is 0 Å². The van der Waals surface area contributed by atoms with Gasteiger partial charge < -0.3 is 5.11 Å². The minimum Gasteiger partial charge on any atom is -0.508 e. The Morgan fingerprint density at radius 3 is 2.55 bits per heavy atom. The highest BCUT2D eigenvalue weighted by Gasteiger charge is 2.06. The molecule has 0 unspecified atom stereocenters. The van der Waals surface area contributed by atoms with Gasteiger partial charge in [-0.15, -0.1) is 0 Å². The third kappa shape index (κ3) is 1.34. The summed E-state index contributed by atoms with van der Waals surface area (Å²) in [6.07, 6.45) is 0.662. The van der Waals surface area contributed by atoms with Crippen LogP contribution in [-0.2, 0) is 6.42 Å². The third-order valence-corrected chi connectivity index (χ3v) is 1.86. The molecule has 0 saturated carbocycles. The fraction of sp³-hybridized carbons (Fsp3) is 0.333. The first kappa shape index (κ1) is 8.05. The van der Waals surface area contributed by atoms with Crippen LogP contribution in [-0.4, -0.2) is 5.11 Å². The number of halogens is 1. The zero-order valence-electron chi connectivity index (χ0n) is 6.69. The van der Waals surface area contributed by atoms with Crippen molar-refractivity contribution >= 4 is 0 Å². The lowest BCUT2D eigenvalue weighted by Crippen LogP contribution is -1.90. The first-order valence-electron chi connectivity index (χ1n) is 3.63. The number of hydrogen-bond acceptors (Lipinski definition) is 1. The molecule has 2 heteroatoms. The topological polar surface area (TPSA) is 20.2 Å². The lowest BCUT2D eigenvalue weighted by atomic mass is 10.1. The summed E-state index contributed by atoms with van der Waals surface area (Å²) in [7, 11) is 0. The van der Waals surface area contributed by atoms with Crippen molar-refractivity contribution in [1.82, 2.24) is 0 Å². The van der Waals surface area contributed by atoms with Crippen molar-refractivity contribution in [2.45, 2.75) is 20.3 Å². The van der Waals surface area contributed by atoms with Gasteiger partial charge in [0, 0.05) is 0 Å². The average molecular weight is 154 g/mol. The number of benzene rings is 1.